The topological polar surface area (TPSA) is 220 Å². The molecule has 0 saturated carbocycles. The van der Waals surface area contributed by atoms with Crippen LogP contribution in [0, 0.1) is 0 Å². The summed E-state index contributed by atoms with van der Waals surface area (Å²) in [5, 5.41) is 20.3. The Bertz CT molecular complexity index is 695. The van der Waals surface area contributed by atoms with Crippen LogP contribution in [0.5, 0.6) is 0 Å². The van der Waals surface area contributed by atoms with Crippen LogP contribution in [0.25, 0.3) is 0 Å². The Hall–Kier alpha value is -3.82. The zero-order valence-corrected chi connectivity index (χ0v) is 20.0. The number of carbonyl (C=O) groups is 8. The maximum atomic E-state index is 11.0. The first-order chi connectivity index (χ1) is 16.6. The molecule has 0 radical (unpaired) electrons. The van der Waals surface area contributed by atoms with Crippen LogP contribution in [0.2, 0.25) is 0 Å². The molecule has 1 rings (SSSR count). The number of likely N-dealkylation sites (N-methyl/N-ethyl adjacent to an activating group) is 3. The Balaban J connectivity index is -0.000000436. The van der Waals surface area contributed by atoms with E-state index in [4.69, 9.17) is 5.11 Å². The van der Waals surface area contributed by atoms with E-state index in [2.05, 4.69) is 26.6 Å². The van der Waals surface area contributed by atoms with Gasteiger partial charge in [-0.1, -0.05) is 0 Å². The molecule has 0 aliphatic carbocycles. The third-order valence-corrected chi connectivity index (χ3v) is 3.18. The first-order valence-electron chi connectivity index (χ1n) is 10.2. The van der Waals surface area contributed by atoms with Crippen LogP contribution in [0.4, 0.5) is 0 Å². The van der Waals surface area contributed by atoms with Gasteiger partial charge in [-0.15, -0.1) is 0 Å². The number of hydrogen-bond acceptors (Lipinski definition) is 11. The number of rotatable bonds is 13. The highest BCUT2D eigenvalue weighted by atomic mass is 16.4. The van der Waals surface area contributed by atoms with E-state index in [0.29, 0.717) is 19.1 Å². The minimum atomic E-state index is -0.822. The summed E-state index contributed by atoms with van der Waals surface area (Å²) in [6, 6.07) is 0. The molecule has 198 valence electrons. The van der Waals surface area contributed by atoms with Crippen molar-refractivity contribution in [3.8, 4) is 0 Å². The number of carboxylic acid groups (broad SMARTS) is 1. The van der Waals surface area contributed by atoms with Gasteiger partial charge < -0.3 is 46.1 Å². The Morgan fingerprint density at radius 1 is 0.771 bits per heavy atom. The summed E-state index contributed by atoms with van der Waals surface area (Å²) < 4.78 is 0. The zero-order valence-electron chi connectivity index (χ0n) is 20.0. The van der Waals surface area contributed by atoms with Gasteiger partial charge in [-0.05, 0) is 21.1 Å². The first kappa shape index (κ1) is 35.8. The van der Waals surface area contributed by atoms with E-state index in [-0.39, 0.29) is 51.0 Å². The van der Waals surface area contributed by atoms with Gasteiger partial charge in [0.2, 0.25) is 11.8 Å². The summed E-state index contributed by atoms with van der Waals surface area (Å²) in [5.74, 6) is -2.18. The molecule has 0 aromatic heterocycles. The van der Waals surface area contributed by atoms with Crippen molar-refractivity contribution in [2.45, 2.75) is 6.42 Å². The largest absolute Gasteiger partial charge is 0.480 e. The van der Waals surface area contributed by atoms with Crippen LogP contribution in [0.15, 0.2) is 12.2 Å². The monoisotopic (exact) mass is 502 g/mol. The number of amides is 4. The van der Waals surface area contributed by atoms with Crippen molar-refractivity contribution < 1.29 is 43.5 Å². The van der Waals surface area contributed by atoms with Crippen molar-refractivity contribution in [2.24, 2.45) is 0 Å². The van der Waals surface area contributed by atoms with Crippen molar-refractivity contribution in [3.63, 3.8) is 0 Å². The van der Waals surface area contributed by atoms with Crippen LogP contribution in [-0.4, -0.2) is 119 Å². The van der Waals surface area contributed by atoms with Crippen molar-refractivity contribution in [2.75, 3.05) is 60.4 Å². The van der Waals surface area contributed by atoms with Crippen molar-refractivity contribution in [3.05, 3.63) is 12.2 Å². The maximum Gasteiger partial charge on any atom is 0.317 e. The number of nitrogens with zero attached hydrogens (tertiary/aromatic N) is 1. The normalized spacial score (nSPS) is 10.9. The molecule has 35 heavy (non-hydrogen) atoms. The number of carbonyl (C=O) groups excluding carboxylic acids is 7. The molecule has 1 aliphatic rings. The van der Waals surface area contributed by atoms with Gasteiger partial charge in [0.25, 0.3) is 11.8 Å². The molecule has 0 aromatic carbocycles. The number of aldehydes is 3. The second-order valence-electron chi connectivity index (χ2n) is 6.03. The number of aliphatic carboxylic acids is 1. The lowest BCUT2D eigenvalue weighted by Gasteiger charge is -2.12. The highest BCUT2D eigenvalue weighted by molar-refractivity contribution is 6.13. The van der Waals surface area contributed by atoms with Gasteiger partial charge in [0, 0.05) is 25.1 Å². The molecule has 15 nitrogen and oxygen atoms in total. The number of imide groups is 1. The van der Waals surface area contributed by atoms with Crippen LogP contribution < -0.4 is 26.6 Å². The smallest absolute Gasteiger partial charge is 0.317 e. The Morgan fingerprint density at radius 2 is 1.23 bits per heavy atom. The van der Waals surface area contributed by atoms with Crippen LogP contribution in [0.3, 0.4) is 0 Å². The molecule has 15 heteroatoms. The third kappa shape index (κ3) is 26.3. The second-order valence-corrected chi connectivity index (χ2v) is 6.03. The molecule has 4 amide bonds. The molecule has 0 atom stereocenters. The fourth-order valence-corrected chi connectivity index (χ4v) is 1.72. The fraction of sp³-hybridized carbons (Fsp3) is 0.500. The van der Waals surface area contributed by atoms with Gasteiger partial charge in [0.15, 0.2) is 0 Å². The first-order valence-corrected chi connectivity index (χ1v) is 10.2. The predicted molar refractivity (Wildman–Crippen MR) is 124 cm³/mol. The van der Waals surface area contributed by atoms with Crippen molar-refractivity contribution in [1.82, 2.24) is 31.5 Å². The van der Waals surface area contributed by atoms with E-state index >= 15 is 0 Å². The lowest BCUT2D eigenvalue weighted by molar-refractivity contribution is -0.138. The molecular formula is C20H34N6O9. The van der Waals surface area contributed by atoms with Crippen LogP contribution >= 0.6 is 0 Å². The lowest BCUT2D eigenvalue weighted by Crippen LogP contribution is -2.35. The van der Waals surface area contributed by atoms with Gasteiger partial charge in [-0.25, -0.2) is 0 Å². The summed E-state index contributed by atoms with van der Waals surface area (Å²) in [6.45, 7) is 0.836. The standard InChI is InChI=1S/C9H10N2O4.C5H10N2O2.C3H7NO2.C3H7NO/c12-6-4-10-7(13)3-5-11-8(14)1-2-9(11)15;1-6-4-5(9)7-2-3-8;1-4-2-3(5)6;1-4-2-3-5/h1-2,6H,3-5H2,(H,10,13);3,6H,2,4H2,1H3,(H,7,9);4H,2H2,1H3,(H,5,6);3-4H,2H2,1H3. The predicted octanol–water partition coefficient (Wildman–Crippen LogP) is -4.17. The fourth-order valence-electron chi connectivity index (χ4n) is 1.72. The average molecular weight is 503 g/mol. The molecule has 0 spiro atoms. The van der Waals surface area contributed by atoms with Gasteiger partial charge in [-0.2, -0.15) is 0 Å². The molecule has 6 N–H and O–H groups in total. The quantitative estimate of drug-likeness (QED) is 0.104. The van der Waals surface area contributed by atoms with Crippen molar-refractivity contribution >= 4 is 48.5 Å². The van der Waals surface area contributed by atoms with E-state index in [1.807, 2.05) is 0 Å². The van der Waals surface area contributed by atoms with E-state index < -0.39 is 17.8 Å². The molecule has 0 bridgehead atoms. The maximum absolute atomic E-state index is 11.0. The van der Waals surface area contributed by atoms with E-state index in [0.717, 1.165) is 23.3 Å². The van der Waals surface area contributed by atoms with Crippen LogP contribution in [-0.2, 0) is 38.4 Å². The Kier molecular flexibility index (Phi) is 27.0. The number of hydrogen-bond donors (Lipinski definition) is 6. The van der Waals surface area contributed by atoms with Gasteiger partial charge >= 0.3 is 5.97 Å². The molecule has 0 saturated heterocycles. The minimum Gasteiger partial charge on any atom is -0.480 e. The van der Waals surface area contributed by atoms with E-state index in [1.54, 1.807) is 21.1 Å². The van der Waals surface area contributed by atoms with Gasteiger partial charge in [0.05, 0.1) is 32.7 Å². The molecule has 0 fully saturated rings. The molecule has 1 aliphatic heterocycles. The summed E-state index contributed by atoms with van der Waals surface area (Å²) in [4.78, 5) is 83.0. The highest BCUT2D eigenvalue weighted by Crippen LogP contribution is 2.03. The third-order valence-electron chi connectivity index (χ3n) is 3.18. The summed E-state index contributed by atoms with van der Waals surface area (Å²) in [7, 11) is 4.99. The summed E-state index contributed by atoms with van der Waals surface area (Å²) >= 11 is 0. The van der Waals surface area contributed by atoms with Crippen molar-refractivity contribution in [1.29, 1.82) is 0 Å². The summed E-state index contributed by atoms with van der Waals surface area (Å²) in [5.41, 5.74) is 0. The van der Waals surface area contributed by atoms with E-state index in [9.17, 15) is 38.4 Å². The van der Waals surface area contributed by atoms with E-state index in [1.165, 1.54) is 0 Å². The SMILES string of the molecule is CNCC(=O)NCC=O.CNCC(=O)O.CNCC=O.O=CCNC(=O)CCN1C(=O)C=CC1=O. The van der Waals surface area contributed by atoms with Gasteiger partial charge in [0.1, 0.15) is 18.9 Å². The molecule has 0 unspecified atom stereocenters. The number of nitrogens with one attached hydrogen (secondary N) is 5. The molecule has 1 heterocycles. The number of carboxylic acids is 1. The van der Waals surface area contributed by atoms with Crippen LogP contribution in [0.1, 0.15) is 6.42 Å². The minimum absolute atomic E-state index is 0.00694. The second kappa shape index (κ2) is 26.4. The van der Waals surface area contributed by atoms with Gasteiger partial charge in [-0.3, -0.25) is 28.9 Å². The Morgan fingerprint density at radius 3 is 1.54 bits per heavy atom. The molecular weight excluding hydrogens is 468 g/mol. The molecule has 0 aromatic rings. The average Bonchev–Trinajstić information content (AvgIpc) is 3.14. The lowest BCUT2D eigenvalue weighted by atomic mass is 10.3. The summed E-state index contributed by atoms with van der Waals surface area (Å²) in [6.07, 6.45) is 4.35. The highest BCUT2D eigenvalue weighted by Gasteiger charge is 2.23. The Labute approximate surface area is 203 Å². The zero-order chi connectivity index (χ0) is 27.5.